The highest BCUT2D eigenvalue weighted by atomic mass is 16.5. The van der Waals surface area contributed by atoms with E-state index in [0.717, 1.165) is 25.3 Å². The van der Waals surface area contributed by atoms with Crippen LogP contribution in [-0.2, 0) is 4.74 Å². The zero-order valence-electron chi connectivity index (χ0n) is 15.7. The Bertz CT molecular complexity index is 721. The SMILES string of the molecule is CNC[C@H]1CC[C@@H]2[C@H](O1)c1cc(C3CC3)ccc1N[C@H]2C1C=CC=CC1. The van der Waals surface area contributed by atoms with Crippen LogP contribution in [0.3, 0.4) is 0 Å². The molecule has 3 heteroatoms. The average molecular weight is 351 g/mol. The minimum Gasteiger partial charge on any atom is -0.381 e. The molecule has 1 saturated carbocycles. The summed E-state index contributed by atoms with van der Waals surface area (Å²) in [6.45, 7) is 0.949. The third-order valence-corrected chi connectivity index (χ3v) is 6.67. The highest BCUT2D eigenvalue weighted by Crippen LogP contribution is 2.50. The summed E-state index contributed by atoms with van der Waals surface area (Å²) in [6.07, 6.45) is 15.9. The Balaban J connectivity index is 1.49. The number of hydrogen-bond acceptors (Lipinski definition) is 3. The Morgan fingerprint density at radius 1 is 1.15 bits per heavy atom. The van der Waals surface area contributed by atoms with E-state index in [4.69, 9.17) is 4.74 Å². The van der Waals surface area contributed by atoms with Crippen LogP contribution in [0, 0.1) is 11.8 Å². The molecule has 0 bridgehead atoms. The molecular formula is C23H30N2O. The first kappa shape index (κ1) is 16.6. The van der Waals surface area contributed by atoms with Gasteiger partial charge in [0.05, 0.1) is 12.2 Å². The number of benzene rings is 1. The maximum Gasteiger partial charge on any atom is 0.0897 e. The van der Waals surface area contributed by atoms with E-state index < -0.39 is 0 Å². The molecule has 3 nitrogen and oxygen atoms in total. The van der Waals surface area contributed by atoms with E-state index in [2.05, 4.69) is 53.1 Å². The number of likely N-dealkylation sites (N-methyl/N-ethyl adjacent to an activating group) is 1. The fourth-order valence-corrected chi connectivity index (χ4v) is 5.15. The van der Waals surface area contributed by atoms with Crippen molar-refractivity contribution in [3.05, 3.63) is 53.6 Å². The molecule has 5 atom stereocenters. The lowest BCUT2D eigenvalue weighted by Gasteiger charge is -2.47. The summed E-state index contributed by atoms with van der Waals surface area (Å²) in [7, 11) is 2.03. The molecule has 0 radical (unpaired) electrons. The second-order valence-electron chi connectivity index (χ2n) is 8.48. The molecule has 1 unspecified atom stereocenters. The minimum atomic E-state index is 0.237. The van der Waals surface area contributed by atoms with Crippen molar-refractivity contribution >= 4 is 5.69 Å². The van der Waals surface area contributed by atoms with Crippen LogP contribution < -0.4 is 10.6 Å². The molecule has 4 aliphatic rings. The summed E-state index contributed by atoms with van der Waals surface area (Å²) in [4.78, 5) is 0. The van der Waals surface area contributed by atoms with Gasteiger partial charge in [0.15, 0.2) is 0 Å². The van der Waals surface area contributed by atoms with Crippen molar-refractivity contribution in [3.8, 4) is 0 Å². The molecule has 2 heterocycles. The number of fused-ring (bicyclic) bond motifs is 3. The second-order valence-corrected chi connectivity index (χ2v) is 8.48. The van der Waals surface area contributed by atoms with Crippen LogP contribution in [0.1, 0.15) is 55.3 Å². The molecular weight excluding hydrogens is 320 g/mol. The molecule has 1 aromatic rings. The first-order chi connectivity index (χ1) is 12.8. The second kappa shape index (κ2) is 6.86. The standard InChI is InChI=1S/C23H30N2O/c1-24-14-18-10-11-19-22(16-5-3-2-4-6-16)25-21-12-9-17(15-7-8-15)13-20(21)23(19)26-18/h2-5,9,12-13,15-16,18-19,22-25H,6-8,10-11,14H2,1H3/t16?,18-,19+,22+,23+/m1/s1. The molecule has 0 spiro atoms. The maximum atomic E-state index is 6.69. The smallest absolute Gasteiger partial charge is 0.0897 e. The summed E-state index contributed by atoms with van der Waals surface area (Å²) in [6, 6.07) is 7.58. The number of anilines is 1. The van der Waals surface area contributed by atoms with Crippen LogP contribution in [0.5, 0.6) is 0 Å². The molecule has 138 valence electrons. The summed E-state index contributed by atoms with van der Waals surface area (Å²) in [5, 5.41) is 7.23. The van der Waals surface area contributed by atoms with Gasteiger partial charge >= 0.3 is 0 Å². The van der Waals surface area contributed by atoms with Gasteiger partial charge in [-0.2, -0.15) is 0 Å². The first-order valence-corrected chi connectivity index (χ1v) is 10.4. The van der Waals surface area contributed by atoms with Crippen molar-refractivity contribution in [1.29, 1.82) is 0 Å². The van der Waals surface area contributed by atoms with E-state index in [0.29, 0.717) is 24.0 Å². The predicted molar refractivity (Wildman–Crippen MR) is 106 cm³/mol. The minimum absolute atomic E-state index is 0.237. The molecule has 1 saturated heterocycles. The highest BCUT2D eigenvalue weighted by Gasteiger charge is 2.44. The van der Waals surface area contributed by atoms with Crippen LogP contribution in [0.2, 0.25) is 0 Å². The van der Waals surface area contributed by atoms with E-state index in [1.807, 2.05) is 7.05 Å². The van der Waals surface area contributed by atoms with Crippen LogP contribution in [-0.4, -0.2) is 25.7 Å². The fourth-order valence-electron chi connectivity index (χ4n) is 5.15. The predicted octanol–water partition coefficient (Wildman–Crippen LogP) is 4.55. The number of hydrogen-bond donors (Lipinski definition) is 2. The number of nitrogens with one attached hydrogen (secondary N) is 2. The van der Waals surface area contributed by atoms with Gasteiger partial charge in [0.2, 0.25) is 0 Å². The van der Waals surface area contributed by atoms with E-state index >= 15 is 0 Å². The monoisotopic (exact) mass is 350 g/mol. The number of allylic oxidation sites excluding steroid dienone is 3. The van der Waals surface area contributed by atoms with Gasteiger partial charge in [-0.3, -0.25) is 0 Å². The maximum absolute atomic E-state index is 6.69. The van der Waals surface area contributed by atoms with Crippen molar-refractivity contribution in [1.82, 2.24) is 5.32 Å². The summed E-state index contributed by atoms with van der Waals surface area (Å²) >= 11 is 0. The quantitative estimate of drug-likeness (QED) is 0.836. The van der Waals surface area contributed by atoms with Crippen molar-refractivity contribution in [2.75, 3.05) is 18.9 Å². The fraction of sp³-hybridized carbons (Fsp3) is 0.565. The lowest BCUT2D eigenvalue weighted by Crippen LogP contribution is -2.48. The molecule has 1 aromatic carbocycles. The Hall–Kier alpha value is -1.58. The Morgan fingerprint density at radius 3 is 2.85 bits per heavy atom. The van der Waals surface area contributed by atoms with Crippen molar-refractivity contribution < 1.29 is 4.74 Å². The largest absolute Gasteiger partial charge is 0.381 e. The zero-order chi connectivity index (χ0) is 17.5. The normalized spacial score (nSPS) is 35.5. The van der Waals surface area contributed by atoms with Crippen LogP contribution >= 0.6 is 0 Å². The summed E-state index contributed by atoms with van der Waals surface area (Å²) < 4.78 is 6.69. The van der Waals surface area contributed by atoms with E-state index in [9.17, 15) is 0 Å². The van der Waals surface area contributed by atoms with Gasteiger partial charge in [0.1, 0.15) is 0 Å². The topological polar surface area (TPSA) is 33.3 Å². The third kappa shape index (κ3) is 3.01. The van der Waals surface area contributed by atoms with Gasteiger partial charge in [-0.15, -0.1) is 0 Å². The Kier molecular flexibility index (Phi) is 4.38. The Labute approximate surface area is 156 Å². The lowest BCUT2D eigenvalue weighted by atomic mass is 9.73. The zero-order valence-corrected chi connectivity index (χ0v) is 15.7. The summed E-state index contributed by atoms with van der Waals surface area (Å²) in [5.41, 5.74) is 4.23. The van der Waals surface area contributed by atoms with Gasteiger partial charge in [-0.05, 0) is 56.7 Å². The van der Waals surface area contributed by atoms with E-state index in [-0.39, 0.29) is 6.10 Å². The van der Waals surface area contributed by atoms with Crippen LogP contribution in [0.4, 0.5) is 5.69 Å². The Morgan fingerprint density at radius 2 is 2.08 bits per heavy atom. The molecule has 2 aliphatic carbocycles. The highest BCUT2D eigenvalue weighted by molar-refractivity contribution is 5.58. The van der Waals surface area contributed by atoms with Gasteiger partial charge in [-0.1, -0.05) is 36.4 Å². The number of rotatable bonds is 4. The van der Waals surface area contributed by atoms with Gasteiger partial charge < -0.3 is 15.4 Å². The van der Waals surface area contributed by atoms with Gasteiger partial charge in [-0.25, -0.2) is 0 Å². The van der Waals surface area contributed by atoms with Crippen LogP contribution in [0.25, 0.3) is 0 Å². The molecule has 2 aliphatic heterocycles. The van der Waals surface area contributed by atoms with E-state index in [1.54, 1.807) is 0 Å². The van der Waals surface area contributed by atoms with Crippen LogP contribution in [0.15, 0.2) is 42.5 Å². The molecule has 2 N–H and O–H groups in total. The van der Waals surface area contributed by atoms with Crippen molar-refractivity contribution in [2.24, 2.45) is 11.8 Å². The third-order valence-electron chi connectivity index (χ3n) is 6.67. The number of ether oxygens (including phenoxy) is 1. The molecule has 0 amide bonds. The molecule has 5 rings (SSSR count). The summed E-state index contributed by atoms with van der Waals surface area (Å²) in [5.74, 6) is 1.92. The molecule has 26 heavy (non-hydrogen) atoms. The lowest BCUT2D eigenvalue weighted by molar-refractivity contribution is -0.0934. The van der Waals surface area contributed by atoms with E-state index in [1.165, 1.54) is 36.1 Å². The van der Waals surface area contributed by atoms with Gasteiger partial charge in [0.25, 0.3) is 0 Å². The molecule has 0 aromatic heterocycles. The first-order valence-electron chi connectivity index (χ1n) is 10.4. The van der Waals surface area contributed by atoms with Crippen molar-refractivity contribution in [3.63, 3.8) is 0 Å². The van der Waals surface area contributed by atoms with Crippen molar-refractivity contribution in [2.45, 2.75) is 56.3 Å². The van der Waals surface area contributed by atoms with Gasteiger partial charge in [0, 0.05) is 35.7 Å². The average Bonchev–Trinajstić information content (AvgIpc) is 3.53. The molecule has 2 fully saturated rings.